The van der Waals surface area contributed by atoms with Crippen LogP contribution in [0.5, 0.6) is 0 Å². The number of aliphatic hydroxyl groups excluding tert-OH is 1. The number of rotatable bonds is 4. The van der Waals surface area contributed by atoms with Crippen LogP contribution in [0.3, 0.4) is 0 Å². The van der Waals surface area contributed by atoms with E-state index >= 15 is 0 Å². The SMILES string of the molecule is Cc1ccc(NC(=O)c2ccnc(C(C)(F)F)c2)cc1-c1cnc2c(c1)N1CCOCC1C(F)(F)C2O. The number of pyridine rings is 2. The normalized spacial score (nSPS) is 20.7. The van der Waals surface area contributed by atoms with Gasteiger partial charge in [-0.15, -0.1) is 0 Å². The first-order valence-electron chi connectivity index (χ1n) is 11.6. The molecule has 0 spiro atoms. The molecule has 2 aromatic heterocycles. The van der Waals surface area contributed by atoms with Crippen LogP contribution in [-0.4, -0.2) is 52.7 Å². The Labute approximate surface area is 210 Å². The largest absolute Gasteiger partial charge is 0.380 e. The van der Waals surface area contributed by atoms with Gasteiger partial charge >= 0.3 is 5.92 Å². The van der Waals surface area contributed by atoms with Crippen molar-refractivity contribution in [3.63, 3.8) is 0 Å². The summed E-state index contributed by atoms with van der Waals surface area (Å²) in [6.07, 6.45) is 0.496. The molecule has 2 unspecified atom stereocenters. The van der Waals surface area contributed by atoms with Crippen LogP contribution >= 0.6 is 0 Å². The zero-order valence-electron chi connectivity index (χ0n) is 20.0. The molecule has 1 amide bonds. The zero-order chi connectivity index (χ0) is 26.5. The maximum absolute atomic E-state index is 14.8. The molecule has 0 aliphatic carbocycles. The number of alkyl halides is 4. The molecule has 0 radical (unpaired) electrons. The van der Waals surface area contributed by atoms with Crippen LogP contribution in [0.1, 0.15) is 40.3 Å². The van der Waals surface area contributed by atoms with E-state index in [9.17, 15) is 27.5 Å². The number of amides is 1. The minimum Gasteiger partial charge on any atom is -0.380 e. The third kappa shape index (κ3) is 4.53. The second kappa shape index (κ2) is 9.07. The van der Waals surface area contributed by atoms with Gasteiger partial charge in [0.05, 0.1) is 24.6 Å². The lowest BCUT2D eigenvalue weighted by molar-refractivity contribution is -0.153. The quantitative estimate of drug-likeness (QED) is 0.489. The number of fused-ring (bicyclic) bond motifs is 3. The fraction of sp³-hybridized carbons (Fsp3) is 0.346. The topological polar surface area (TPSA) is 87.6 Å². The molecular weight excluding hydrogens is 492 g/mol. The molecule has 1 saturated heterocycles. The number of morpholine rings is 1. The van der Waals surface area contributed by atoms with Gasteiger partial charge in [0.25, 0.3) is 11.8 Å². The summed E-state index contributed by atoms with van der Waals surface area (Å²) in [5.74, 6) is -7.20. The number of aromatic nitrogens is 2. The van der Waals surface area contributed by atoms with Crippen LogP contribution < -0.4 is 10.2 Å². The van der Waals surface area contributed by atoms with Crippen molar-refractivity contribution in [2.45, 2.75) is 37.8 Å². The molecule has 2 atom stereocenters. The number of aryl methyl sites for hydroxylation is 1. The third-order valence-corrected chi connectivity index (χ3v) is 6.68. The Morgan fingerprint density at radius 3 is 2.76 bits per heavy atom. The van der Waals surface area contributed by atoms with Crippen LogP contribution in [0.25, 0.3) is 11.1 Å². The lowest BCUT2D eigenvalue weighted by Crippen LogP contribution is -2.60. The first kappa shape index (κ1) is 25.1. The molecule has 0 bridgehead atoms. The number of benzene rings is 1. The van der Waals surface area contributed by atoms with E-state index in [0.29, 0.717) is 29.4 Å². The number of aliphatic hydroxyl groups is 1. The Kier molecular flexibility index (Phi) is 6.15. The highest BCUT2D eigenvalue weighted by Gasteiger charge is 2.56. The van der Waals surface area contributed by atoms with Gasteiger partial charge in [-0.2, -0.15) is 8.78 Å². The Morgan fingerprint density at radius 1 is 1.22 bits per heavy atom. The molecule has 1 fully saturated rings. The standard InChI is InChI=1S/C26H24F4N4O3/c1-14-3-4-17(33-24(36)15-5-6-31-20(10-15)25(2,27)28)11-18(14)16-9-19-22(32-12-16)23(35)26(29,30)21-13-37-8-7-34(19)21/h3-6,9-12,21,23,35H,7-8,13H2,1-2H3,(H,33,36). The number of carbonyl (C=O) groups is 1. The highest BCUT2D eigenvalue weighted by atomic mass is 19.3. The van der Waals surface area contributed by atoms with Gasteiger partial charge in [0.1, 0.15) is 11.7 Å². The van der Waals surface area contributed by atoms with E-state index in [2.05, 4.69) is 15.3 Å². The number of hydrogen-bond acceptors (Lipinski definition) is 6. The molecule has 0 saturated carbocycles. The van der Waals surface area contributed by atoms with Gasteiger partial charge in [0.2, 0.25) is 0 Å². The van der Waals surface area contributed by atoms with Crippen molar-refractivity contribution < 1.29 is 32.2 Å². The Hall–Kier alpha value is -3.57. The summed E-state index contributed by atoms with van der Waals surface area (Å²) in [6.45, 7) is 2.84. The highest BCUT2D eigenvalue weighted by Crippen LogP contribution is 2.47. The lowest BCUT2D eigenvalue weighted by Gasteiger charge is -2.47. The maximum Gasteiger partial charge on any atom is 0.301 e. The molecule has 2 aliphatic heterocycles. The molecule has 5 rings (SSSR count). The average Bonchev–Trinajstić information content (AvgIpc) is 2.88. The smallest absolute Gasteiger partial charge is 0.301 e. The number of carbonyl (C=O) groups excluding carboxylic acids is 1. The van der Waals surface area contributed by atoms with Gasteiger partial charge in [-0.1, -0.05) is 6.07 Å². The van der Waals surface area contributed by atoms with Crippen molar-refractivity contribution in [2.24, 2.45) is 0 Å². The van der Waals surface area contributed by atoms with E-state index in [1.54, 1.807) is 24.3 Å². The summed E-state index contributed by atoms with van der Waals surface area (Å²) < 4.78 is 62.1. The predicted molar refractivity (Wildman–Crippen MR) is 128 cm³/mol. The first-order valence-corrected chi connectivity index (χ1v) is 11.6. The summed E-state index contributed by atoms with van der Waals surface area (Å²) >= 11 is 0. The van der Waals surface area contributed by atoms with Crippen LogP contribution in [0, 0.1) is 6.92 Å². The fourth-order valence-corrected chi connectivity index (χ4v) is 4.65. The van der Waals surface area contributed by atoms with Gasteiger partial charge in [0.15, 0.2) is 6.10 Å². The van der Waals surface area contributed by atoms with E-state index in [4.69, 9.17) is 4.74 Å². The van der Waals surface area contributed by atoms with Crippen LogP contribution in [0.4, 0.5) is 28.9 Å². The van der Waals surface area contributed by atoms with E-state index in [1.165, 1.54) is 17.2 Å². The zero-order valence-corrected chi connectivity index (χ0v) is 20.0. The molecule has 11 heteroatoms. The first-order chi connectivity index (χ1) is 17.5. The maximum atomic E-state index is 14.8. The Balaban J connectivity index is 1.47. The number of hydrogen-bond donors (Lipinski definition) is 2. The van der Waals surface area contributed by atoms with Crippen LogP contribution in [-0.2, 0) is 10.7 Å². The van der Waals surface area contributed by atoms with Crippen molar-refractivity contribution in [1.82, 2.24) is 9.97 Å². The van der Waals surface area contributed by atoms with Crippen molar-refractivity contribution in [2.75, 3.05) is 30.0 Å². The third-order valence-electron chi connectivity index (χ3n) is 6.68. The molecule has 2 aliphatic rings. The second-order valence-corrected chi connectivity index (χ2v) is 9.29. The summed E-state index contributed by atoms with van der Waals surface area (Å²) in [5, 5.41) is 13.1. The van der Waals surface area contributed by atoms with Gasteiger partial charge in [-0.3, -0.25) is 14.8 Å². The van der Waals surface area contributed by atoms with Crippen molar-refractivity contribution in [1.29, 1.82) is 0 Å². The average molecular weight is 516 g/mol. The number of anilines is 2. The summed E-state index contributed by atoms with van der Waals surface area (Å²) in [4.78, 5) is 22.1. The number of ether oxygens (including phenoxy) is 1. The number of nitrogens with one attached hydrogen (secondary N) is 1. The molecule has 2 N–H and O–H groups in total. The highest BCUT2D eigenvalue weighted by molar-refractivity contribution is 6.04. The van der Waals surface area contributed by atoms with Gasteiger partial charge in [-0.25, -0.2) is 8.78 Å². The van der Waals surface area contributed by atoms with Gasteiger partial charge in [0, 0.05) is 42.7 Å². The lowest BCUT2D eigenvalue weighted by atomic mass is 9.91. The molecule has 194 valence electrons. The number of nitrogens with zero attached hydrogens (tertiary/aromatic N) is 3. The molecule has 7 nitrogen and oxygen atoms in total. The van der Waals surface area contributed by atoms with Crippen LogP contribution in [0.15, 0.2) is 48.8 Å². The van der Waals surface area contributed by atoms with Crippen LogP contribution in [0.2, 0.25) is 0 Å². The van der Waals surface area contributed by atoms with Crippen molar-refractivity contribution in [3.8, 4) is 11.1 Å². The molecule has 3 aromatic rings. The van der Waals surface area contributed by atoms with E-state index in [-0.39, 0.29) is 31.0 Å². The molecule has 4 heterocycles. The minimum absolute atomic E-state index is 0.0253. The van der Waals surface area contributed by atoms with E-state index in [0.717, 1.165) is 17.8 Å². The Bertz CT molecular complexity index is 1360. The van der Waals surface area contributed by atoms with Gasteiger partial charge in [-0.05, 0) is 48.4 Å². The monoisotopic (exact) mass is 516 g/mol. The fourth-order valence-electron chi connectivity index (χ4n) is 4.65. The summed E-state index contributed by atoms with van der Waals surface area (Å²) in [7, 11) is 0. The molecular formula is C26H24F4N4O3. The predicted octanol–water partition coefficient (Wildman–Crippen LogP) is 4.70. The van der Waals surface area contributed by atoms with E-state index in [1.807, 2.05) is 6.92 Å². The van der Waals surface area contributed by atoms with Crippen molar-refractivity contribution >= 4 is 17.3 Å². The minimum atomic E-state index is -3.42. The van der Waals surface area contributed by atoms with Gasteiger partial charge < -0.3 is 20.1 Å². The molecule has 37 heavy (non-hydrogen) atoms. The number of halogens is 4. The molecule has 1 aromatic carbocycles. The van der Waals surface area contributed by atoms with E-state index < -0.39 is 35.6 Å². The second-order valence-electron chi connectivity index (χ2n) is 9.29. The van der Waals surface area contributed by atoms with Crippen molar-refractivity contribution in [3.05, 3.63) is 71.3 Å². The Morgan fingerprint density at radius 2 is 2.00 bits per heavy atom. The summed E-state index contributed by atoms with van der Waals surface area (Å²) in [5.41, 5.74) is 2.33. The summed E-state index contributed by atoms with van der Waals surface area (Å²) in [6, 6.07) is 7.89.